The van der Waals surface area contributed by atoms with Gasteiger partial charge in [-0.1, -0.05) is 61.0 Å². The fraction of sp³-hybridized carbons (Fsp3) is 0.333. The molecule has 2 aromatic carbocycles. The topological polar surface area (TPSA) is 34.1 Å². The van der Waals surface area contributed by atoms with Gasteiger partial charge in [0.1, 0.15) is 5.78 Å². The molecule has 0 bridgehead atoms. The summed E-state index contributed by atoms with van der Waals surface area (Å²) >= 11 is 0. The molecular formula is C21H22O2. The van der Waals surface area contributed by atoms with Crippen molar-refractivity contribution in [1.29, 1.82) is 0 Å². The highest BCUT2D eigenvalue weighted by molar-refractivity contribution is 5.97. The number of ketones is 2. The van der Waals surface area contributed by atoms with Gasteiger partial charge in [-0.15, -0.1) is 0 Å². The van der Waals surface area contributed by atoms with Crippen molar-refractivity contribution in [3.05, 3.63) is 71.3 Å². The number of hydrogen-bond acceptors (Lipinski definition) is 2. The van der Waals surface area contributed by atoms with Crippen molar-refractivity contribution >= 4 is 11.6 Å². The molecule has 1 atom stereocenters. The highest BCUT2D eigenvalue weighted by Gasteiger charge is 2.23. The van der Waals surface area contributed by atoms with E-state index in [9.17, 15) is 9.59 Å². The molecule has 1 aliphatic rings. The van der Waals surface area contributed by atoms with E-state index in [0.717, 1.165) is 48.8 Å². The SMILES string of the molecule is O=C(Cc1ccccc1CC1CCCCC1=O)c1ccccc1. The molecule has 1 aliphatic carbocycles. The van der Waals surface area contributed by atoms with Crippen LogP contribution >= 0.6 is 0 Å². The Bertz CT molecular complexity index is 688. The van der Waals surface area contributed by atoms with E-state index in [1.165, 1.54) is 0 Å². The van der Waals surface area contributed by atoms with Gasteiger partial charge in [-0.3, -0.25) is 9.59 Å². The van der Waals surface area contributed by atoms with E-state index in [-0.39, 0.29) is 11.7 Å². The van der Waals surface area contributed by atoms with E-state index in [1.807, 2.05) is 48.5 Å². The Kier molecular flexibility index (Phi) is 5.02. The lowest BCUT2D eigenvalue weighted by molar-refractivity contribution is -0.124. The molecule has 0 aromatic heterocycles. The lowest BCUT2D eigenvalue weighted by Gasteiger charge is -2.21. The second-order valence-electron chi connectivity index (χ2n) is 6.35. The predicted molar refractivity (Wildman–Crippen MR) is 91.6 cm³/mol. The maximum absolute atomic E-state index is 12.5. The maximum Gasteiger partial charge on any atom is 0.167 e. The standard InChI is InChI=1S/C21H22O2/c22-20-13-7-6-12-19(20)14-17-10-4-5-11-18(17)15-21(23)16-8-2-1-3-9-16/h1-5,8-11,19H,6-7,12-15H2. The van der Waals surface area contributed by atoms with E-state index < -0.39 is 0 Å². The number of Topliss-reactive ketones (excluding diaryl/α,β-unsaturated/α-hetero) is 2. The van der Waals surface area contributed by atoms with Crippen LogP contribution in [0.4, 0.5) is 0 Å². The molecular weight excluding hydrogens is 284 g/mol. The monoisotopic (exact) mass is 306 g/mol. The van der Waals surface area contributed by atoms with Crippen LogP contribution in [-0.2, 0) is 17.6 Å². The van der Waals surface area contributed by atoms with Gasteiger partial charge in [0.25, 0.3) is 0 Å². The van der Waals surface area contributed by atoms with Crippen LogP contribution in [0.5, 0.6) is 0 Å². The molecule has 1 fully saturated rings. The molecule has 1 saturated carbocycles. The first-order chi connectivity index (χ1) is 11.2. The predicted octanol–water partition coefficient (Wildman–Crippen LogP) is 4.41. The van der Waals surface area contributed by atoms with Gasteiger partial charge < -0.3 is 0 Å². The Morgan fingerprint density at radius 1 is 0.913 bits per heavy atom. The van der Waals surface area contributed by atoms with E-state index >= 15 is 0 Å². The smallest absolute Gasteiger partial charge is 0.167 e. The molecule has 2 nitrogen and oxygen atoms in total. The minimum Gasteiger partial charge on any atom is -0.299 e. The molecule has 0 amide bonds. The third-order valence-electron chi connectivity index (χ3n) is 4.71. The summed E-state index contributed by atoms with van der Waals surface area (Å²) in [5.74, 6) is 0.658. The Morgan fingerprint density at radius 2 is 1.61 bits per heavy atom. The minimum absolute atomic E-state index is 0.132. The molecule has 0 aliphatic heterocycles. The van der Waals surface area contributed by atoms with Crippen molar-refractivity contribution in [3.8, 4) is 0 Å². The van der Waals surface area contributed by atoms with E-state index in [4.69, 9.17) is 0 Å². The average Bonchev–Trinajstić information content (AvgIpc) is 2.59. The van der Waals surface area contributed by atoms with Crippen molar-refractivity contribution in [3.63, 3.8) is 0 Å². The molecule has 0 heterocycles. The zero-order chi connectivity index (χ0) is 16.1. The van der Waals surface area contributed by atoms with Crippen LogP contribution in [0.15, 0.2) is 54.6 Å². The van der Waals surface area contributed by atoms with Gasteiger partial charge in [0.15, 0.2) is 5.78 Å². The molecule has 0 spiro atoms. The average molecular weight is 306 g/mol. The zero-order valence-corrected chi connectivity index (χ0v) is 13.3. The van der Waals surface area contributed by atoms with Crippen LogP contribution in [0.1, 0.15) is 47.2 Å². The third-order valence-corrected chi connectivity index (χ3v) is 4.71. The molecule has 23 heavy (non-hydrogen) atoms. The summed E-state index contributed by atoms with van der Waals surface area (Å²) in [4.78, 5) is 24.5. The van der Waals surface area contributed by atoms with Crippen LogP contribution in [0, 0.1) is 5.92 Å². The Labute approximate surface area is 137 Å². The normalized spacial score (nSPS) is 17.9. The highest BCUT2D eigenvalue weighted by atomic mass is 16.1. The van der Waals surface area contributed by atoms with Crippen LogP contribution in [-0.4, -0.2) is 11.6 Å². The summed E-state index contributed by atoms with van der Waals surface area (Å²) in [5, 5.41) is 0. The summed E-state index contributed by atoms with van der Waals surface area (Å²) in [6.45, 7) is 0. The molecule has 1 unspecified atom stereocenters. The molecule has 0 radical (unpaired) electrons. The summed E-state index contributed by atoms with van der Waals surface area (Å²) in [5.41, 5.74) is 2.95. The fourth-order valence-electron chi connectivity index (χ4n) is 3.36. The lowest BCUT2D eigenvalue weighted by Crippen LogP contribution is -2.21. The van der Waals surface area contributed by atoms with Crippen molar-refractivity contribution in [2.24, 2.45) is 5.92 Å². The maximum atomic E-state index is 12.5. The van der Waals surface area contributed by atoms with Gasteiger partial charge in [-0.05, 0) is 30.4 Å². The van der Waals surface area contributed by atoms with Gasteiger partial charge >= 0.3 is 0 Å². The van der Waals surface area contributed by atoms with E-state index in [2.05, 4.69) is 6.07 Å². The molecule has 2 aromatic rings. The van der Waals surface area contributed by atoms with Gasteiger partial charge in [0.05, 0.1) is 0 Å². The molecule has 118 valence electrons. The second-order valence-corrected chi connectivity index (χ2v) is 6.35. The molecule has 0 N–H and O–H groups in total. The number of carbonyl (C=O) groups excluding carboxylic acids is 2. The van der Waals surface area contributed by atoms with Crippen molar-refractivity contribution in [1.82, 2.24) is 0 Å². The minimum atomic E-state index is 0.132. The van der Waals surface area contributed by atoms with E-state index in [1.54, 1.807) is 0 Å². The van der Waals surface area contributed by atoms with Crippen LogP contribution in [0.25, 0.3) is 0 Å². The molecule has 0 saturated heterocycles. The summed E-state index contributed by atoms with van der Waals surface area (Å²) < 4.78 is 0. The highest BCUT2D eigenvalue weighted by Crippen LogP contribution is 2.26. The van der Waals surface area contributed by atoms with E-state index in [0.29, 0.717) is 12.2 Å². The van der Waals surface area contributed by atoms with Gasteiger partial charge in [0, 0.05) is 24.3 Å². The van der Waals surface area contributed by atoms with Gasteiger partial charge in [-0.25, -0.2) is 0 Å². The van der Waals surface area contributed by atoms with Crippen molar-refractivity contribution in [2.45, 2.75) is 38.5 Å². The zero-order valence-electron chi connectivity index (χ0n) is 13.3. The van der Waals surface area contributed by atoms with Crippen LogP contribution in [0.2, 0.25) is 0 Å². The molecule has 3 rings (SSSR count). The fourth-order valence-corrected chi connectivity index (χ4v) is 3.36. The number of hydrogen-bond donors (Lipinski definition) is 0. The Balaban J connectivity index is 1.75. The Morgan fingerprint density at radius 3 is 2.35 bits per heavy atom. The summed E-state index contributed by atoms with van der Waals surface area (Å²) in [6, 6.07) is 17.5. The third kappa shape index (κ3) is 3.95. The number of carbonyl (C=O) groups is 2. The first-order valence-electron chi connectivity index (χ1n) is 8.42. The van der Waals surface area contributed by atoms with Crippen molar-refractivity contribution in [2.75, 3.05) is 0 Å². The quantitative estimate of drug-likeness (QED) is 0.767. The van der Waals surface area contributed by atoms with Gasteiger partial charge in [-0.2, -0.15) is 0 Å². The lowest BCUT2D eigenvalue weighted by atomic mass is 9.82. The van der Waals surface area contributed by atoms with Crippen LogP contribution in [0.3, 0.4) is 0 Å². The summed E-state index contributed by atoms with van der Waals surface area (Å²) in [6.07, 6.45) is 5.05. The summed E-state index contributed by atoms with van der Waals surface area (Å²) in [7, 11) is 0. The van der Waals surface area contributed by atoms with Crippen LogP contribution < -0.4 is 0 Å². The Hall–Kier alpha value is -2.22. The van der Waals surface area contributed by atoms with Crippen molar-refractivity contribution < 1.29 is 9.59 Å². The number of benzene rings is 2. The largest absolute Gasteiger partial charge is 0.299 e. The number of rotatable bonds is 5. The first-order valence-corrected chi connectivity index (χ1v) is 8.42. The van der Waals surface area contributed by atoms with Gasteiger partial charge in [0.2, 0.25) is 0 Å². The first kappa shape index (κ1) is 15.7. The second kappa shape index (κ2) is 7.36. The molecule has 2 heteroatoms.